The first-order chi connectivity index (χ1) is 6.29. The molecule has 1 atom stereocenters. The molecule has 0 aromatic carbocycles. The van der Waals surface area contributed by atoms with Crippen LogP contribution in [0.3, 0.4) is 0 Å². The minimum Gasteiger partial charge on any atom is -0.351 e. The maximum Gasteiger partial charge on any atom is 0.115 e. The Kier molecular flexibility index (Phi) is 2.31. The van der Waals surface area contributed by atoms with Gasteiger partial charge in [-0.2, -0.15) is 0 Å². The number of hydrogen-bond acceptors (Lipinski definition) is 3. The Hall–Kier alpha value is -0.900. The molecule has 2 rings (SSSR count). The second kappa shape index (κ2) is 3.46. The summed E-state index contributed by atoms with van der Waals surface area (Å²) in [5.41, 5.74) is 0. The third-order valence-electron chi connectivity index (χ3n) is 2.44. The van der Waals surface area contributed by atoms with Gasteiger partial charge in [-0.3, -0.25) is 5.41 Å². The largest absolute Gasteiger partial charge is 0.351 e. The Bertz CT molecular complexity index is 294. The van der Waals surface area contributed by atoms with Crippen LogP contribution in [0.15, 0.2) is 11.6 Å². The van der Waals surface area contributed by atoms with Gasteiger partial charge in [0.25, 0.3) is 0 Å². The number of amidine groups is 1. The van der Waals surface area contributed by atoms with Gasteiger partial charge in [0.15, 0.2) is 0 Å². The number of nitrogens with one attached hydrogen (secondary N) is 1. The van der Waals surface area contributed by atoms with Crippen LogP contribution in [-0.4, -0.2) is 22.3 Å². The second-order valence-electron chi connectivity index (χ2n) is 3.29. The number of rotatable bonds is 2. The van der Waals surface area contributed by atoms with Crippen LogP contribution in [0.2, 0.25) is 0 Å². The average molecular weight is 195 g/mol. The normalized spacial score (nSPS) is 19.5. The molecule has 4 heteroatoms. The molecule has 1 aliphatic heterocycles. The fourth-order valence-corrected chi connectivity index (χ4v) is 2.40. The summed E-state index contributed by atoms with van der Waals surface area (Å²) in [5.74, 6) is 0.766. The van der Waals surface area contributed by atoms with Crippen molar-refractivity contribution in [2.45, 2.75) is 25.8 Å². The monoisotopic (exact) mass is 195 g/mol. The smallest absolute Gasteiger partial charge is 0.115 e. The SMILES string of the molecule is CC(c1nccs1)N1CCCC1=N. The number of nitrogens with zero attached hydrogens (tertiary/aromatic N) is 2. The Morgan fingerprint density at radius 1 is 1.69 bits per heavy atom. The highest BCUT2D eigenvalue weighted by Crippen LogP contribution is 2.26. The summed E-state index contributed by atoms with van der Waals surface area (Å²) in [6.45, 7) is 3.14. The maximum absolute atomic E-state index is 7.74. The fourth-order valence-electron chi connectivity index (χ4n) is 1.70. The van der Waals surface area contributed by atoms with Crippen LogP contribution in [0.5, 0.6) is 0 Å². The van der Waals surface area contributed by atoms with Crippen molar-refractivity contribution in [1.82, 2.24) is 9.88 Å². The molecule has 0 bridgehead atoms. The number of hydrogen-bond donors (Lipinski definition) is 1. The Labute approximate surface area is 81.9 Å². The molecule has 0 spiro atoms. The lowest BCUT2D eigenvalue weighted by atomic mass is 10.3. The third kappa shape index (κ3) is 1.58. The number of aromatic nitrogens is 1. The van der Waals surface area contributed by atoms with Crippen molar-refractivity contribution in [2.24, 2.45) is 0 Å². The van der Waals surface area contributed by atoms with E-state index in [1.165, 1.54) is 0 Å². The first kappa shape index (κ1) is 8.69. The summed E-state index contributed by atoms with van der Waals surface area (Å²) >= 11 is 1.67. The van der Waals surface area contributed by atoms with Gasteiger partial charge >= 0.3 is 0 Å². The maximum atomic E-state index is 7.74. The van der Waals surface area contributed by atoms with E-state index in [0.29, 0.717) is 0 Å². The summed E-state index contributed by atoms with van der Waals surface area (Å²) < 4.78 is 0. The van der Waals surface area contributed by atoms with E-state index in [4.69, 9.17) is 5.41 Å². The molecule has 1 unspecified atom stereocenters. The molecule has 1 aromatic heterocycles. The van der Waals surface area contributed by atoms with Crippen LogP contribution >= 0.6 is 11.3 Å². The van der Waals surface area contributed by atoms with Gasteiger partial charge < -0.3 is 4.90 Å². The summed E-state index contributed by atoms with van der Waals surface area (Å²) in [7, 11) is 0. The molecule has 3 nitrogen and oxygen atoms in total. The van der Waals surface area contributed by atoms with E-state index in [1.54, 1.807) is 11.3 Å². The van der Waals surface area contributed by atoms with Gasteiger partial charge in [0.2, 0.25) is 0 Å². The lowest BCUT2D eigenvalue weighted by molar-refractivity contribution is 0.361. The van der Waals surface area contributed by atoms with E-state index >= 15 is 0 Å². The minimum absolute atomic E-state index is 0.287. The summed E-state index contributed by atoms with van der Waals surface area (Å²) in [6, 6.07) is 0.287. The molecule has 1 aromatic rings. The van der Waals surface area contributed by atoms with Crippen molar-refractivity contribution in [1.29, 1.82) is 5.41 Å². The minimum atomic E-state index is 0.287. The molecule has 0 aliphatic carbocycles. The zero-order chi connectivity index (χ0) is 9.26. The van der Waals surface area contributed by atoms with Crippen LogP contribution in [-0.2, 0) is 0 Å². The van der Waals surface area contributed by atoms with Crippen LogP contribution in [0.1, 0.15) is 30.8 Å². The molecule has 1 N–H and O–H groups in total. The highest BCUT2D eigenvalue weighted by molar-refractivity contribution is 7.09. The molecule has 13 heavy (non-hydrogen) atoms. The predicted molar refractivity (Wildman–Crippen MR) is 54.2 cm³/mol. The van der Waals surface area contributed by atoms with Crippen molar-refractivity contribution in [3.8, 4) is 0 Å². The Morgan fingerprint density at radius 3 is 3.08 bits per heavy atom. The highest BCUT2D eigenvalue weighted by atomic mass is 32.1. The molecule has 1 aliphatic rings. The van der Waals surface area contributed by atoms with E-state index < -0.39 is 0 Å². The Balaban J connectivity index is 2.13. The van der Waals surface area contributed by atoms with Crippen molar-refractivity contribution >= 4 is 17.2 Å². The van der Waals surface area contributed by atoms with Gasteiger partial charge in [0.05, 0.1) is 11.9 Å². The topological polar surface area (TPSA) is 40.0 Å². The van der Waals surface area contributed by atoms with Crippen molar-refractivity contribution in [3.05, 3.63) is 16.6 Å². The van der Waals surface area contributed by atoms with Crippen LogP contribution < -0.4 is 0 Å². The quantitative estimate of drug-likeness (QED) is 0.786. The first-order valence-electron chi connectivity index (χ1n) is 4.52. The van der Waals surface area contributed by atoms with Gasteiger partial charge in [0.1, 0.15) is 5.01 Å². The zero-order valence-corrected chi connectivity index (χ0v) is 8.47. The summed E-state index contributed by atoms with van der Waals surface area (Å²) in [6.07, 6.45) is 3.88. The van der Waals surface area contributed by atoms with Gasteiger partial charge in [-0.1, -0.05) is 0 Å². The lowest BCUT2D eigenvalue weighted by Gasteiger charge is -2.23. The van der Waals surface area contributed by atoms with Crippen molar-refractivity contribution in [3.63, 3.8) is 0 Å². The molecule has 1 fully saturated rings. The molecule has 70 valence electrons. The lowest BCUT2D eigenvalue weighted by Crippen LogP contribution is -2.27. The summed E-state index contributed by atoms with van der Waals surface area (Å²) in [5, 5.41) is 10.9. The van der Waals surface area contributed by atoms with Gasteiger partial charge in [-0.25, -0.2) is 4.98 Å². The number of thiazole rings is 1. The van der Waals surface area contributed by atoms with Crippen molar-refractivity contribution < 1.29 is 0 Å². The molecule has 0 radical (unpaired) electrons. The Morgan fingerprint density at radius 2 is 2.54 bits per heavy atom. The van der Waals surface area contributed by atoms with Gasteiger partial charge in [-0.05, 0) is 13.3 Å². The predicted octanol–water partition coefficient (Wildman–Crippen LogP) is 2.28. The van der Waals surface area contributed by atoms with E-state index in [2.05, 4.69) is 16.8 Å². The third-order valence-corrected chi connectivity index (χ3v) is 3.38. The molecule has 1 saturated heterocycles. The molecular weight excluding hydrogens is 182 g/mol. The fraction of sp³-hybridized carbons (Fsp3) is 0.556. The van der Waals surface area contributed by atoms with E-state index in [1.807, 2.05) is 11.6 Å². The van der Waals surface area contributed by atoms with Gasteiger partial charge in [-0.15, -0.1) is 11.3 Å². The van der Waals surface area contributed by atoms with E-state index in [0.717, 1.165) is 30.2 Å². The van der Waals surface area contributed by atoms with Gasteiger partial charge in [0, 0.05) is 24.5 Å². The average Bonchev–Trinajstić information content (AvgIpc) is 2.72. The molecule has 2 heterocycles. The zero-order valence-electron chi connectivity index (χ0n) is 7.66. The van der Waals surface area contributed by atoms with Crippen LogP contribution in [0, 0.1) is 5.41 Å². The van der Waals surface area contributed by atoms with E-state index in [9.17, 15) is 0 Å². The molecule has 0 amide bonds. The first-order valence-corrected chi connectivity index (χ1v) is 5.40. The second-order valence-corrected chi connectivity index (χ2v) is 4.22. The van der Waals surface area contributed by atoms with Crippen LogP contribution in [0.4, 0.5) is 0 Å². The molecular formula is C9H13N3S. The standard InChI is InChI=1S/C9H13N3S/c1-7(9-11-4-6-13-9)12-5-2-3-8(12)10/h4,6-7,10H,2-3,5H2,1H3. The summed E-state index contributed by atoms with van der Waals surface area (Å²) in [4.78, 5) is 6.41. The highest BCUT2D eigenvalue weighted by Gasteiger charge is 2.24. The number of likely N-dealkylation sites (tertiary alicyclic amines) is 1. The van der Waals surface area contributed by atoms with Crippen LogP contribution in [0.25, 0.3) is 0 Å². The van der Waals surface area contributed by atoms with E-state index in [-0.39, 0.29) is 6.04 Å². The molecule has 0 saturated carbocycles. The van der Waals surface area contributed by atoms with Crippen molar-refractivity contribution in [2.75, 3.05) is 6.54 Å².